The van der Waals surface area contributed by atoms with E-state index in [2.05, 4.69) is 35.8 Å². The molecule has 0 saturated heterocycles. The molecule has 31 heavy (non-hydrogen) atoms. The smallest absolute Gasteiger partial charge is 0.138 e. The van der Waals surface area contributed by atoms with Crippen LogP contribution in [0.5, 0.6) is 5.75 Å². The fourth-order valence-corrected chi connectivity index (χ4v) is 7.36. The number of rotatable bonds is 8. The summed E-state index contributed by atoms with van der Waals surface area (Å²) in [5.74, 6) is 3.09. The summed E-state index contributed by atoms with van der Waals surface area (Å²) >= 11 is 12.0. The summed E-state index contributed by atoms with van der Waals surface area (Å²) in [5, 5.41) is 17.8. The van der Waals surface area contributed by atoms with E-state index in [0.717, 1.165) is 43.0 Å². The summed E-state index contributed by atoms with van der Waals surface area (Å²) in [7, 11) is 0. The number of nitrogens with one attached hydrogen (secondary N) is 2. The average Bonchev–Trinajstić information content (AvgIpc) is 3.14. The summed E-state index contributed by atoms with van der Waals surface area (Å²) in [5.41, 5.74) is 5.58. The van der Waals surface area contributed by atoms with Gasteiger partial charge in [-0.3, -0.25) is 0 Å². The van der Waals surface area contributed by atoms with Crippen LogP contribution in [0.4, 0.5) is 0 Å². The van der Waals surface area contributed by atoms with Crippen LogP contribution >= 0.6 is 23.2 Å². The molecule has 4 saturated carbocycles. The Morgan fingerprint density at radius 3 is 2.35 bits per heavy atom. The quantitative estimate of drug-likeness (QED) is 0.427. The zero-order valence-corrected chi connectivity index (χ0v) is 19.7. The molecular formula is C26H32Cl2N2O. The highest BCUT2D eigenvalue weighted by Gasteiger charge is 2.56. The minimum Gasteiger partial charge on any atom is -0.506 e. The lowest BCUT2D eigenvalue weighted by Gasteiger charge is -2.39. The van der Waals surface area contributed by atoms with E-state index < -0.39 is 0 Å². The van der Waals surface area contributed by atoms with Gasteiger partial charge in [0.1, 0.15) is 5.75 Å². The molecule has 2 aromatic carbocycles. The van der Waals surface area contributed by atoms with Crippen LogP contribution in [0.15, 0.2) is 30.3 Å². The Morgan fingerprint density at radius 2 is 1.65 bits per heavy atom. The first-order valence-corrected chi connectivity index (χ1v) is 12.4. The maximum atomic E-state index is 10.0. The lowest BCUT2D eigenvalue weighted by atomic mass is 9.65. The van der Waals surface area contributed by atoms with E-state index in [1.54, 1.807) is 17.7 Å². The van der Waals surface area contributed by atoms with Gasteiger partial charge in [0.05, 0.1) is 5.02 Å². The molecule has 4 aliphatic carbocycles. The average molecular weight is 459 g/mol. The monoisotopic (exact) mass is 458 g/mol. The maximum Gasteiger partial charge on any atom is 0.138 e. The van der Waals surface area contributed by atoms with Gasteiger partial charge in [-0.05, 0) is 85.5 Å². The Kier molecular flexibility index (Phi) is 5.98. The van der Waals surface area contributed by atoms with E-state index >= 15 is 0 Å². The molecule has 4 aliphatic rings. The van der Waals surface area contributed by atoms with Crippen molar-refractivity contribution in [2.75, 3.05) is 13.1 Å². The van der Waals surface area contributed by atoms with Crippen molar-refractivity contribution in [3.63, 3.8) is 0 Å². The van der Waals surface area contributed by atoms with E-state index in [0.29, 0.717) is 22.0 Å². The van der Waals surface area contributed by atoms with Crippen LogP contribution in [0.25, 0.3) is 0 Å². The summed E-state index contributed by atoms with van der Waals surface area (Å²) in [6.45, 7) is 5.32. The highest BCUT2D eigenvalue weighted by Crippen LogP contribution is 2.64. The number of benzene rings is 2. The zero-order valence-electron chi connectivity index (χ0n) is 18.2. The second kappa shape index (κ2) is 8.59. The third-order valence-corrected chi connectivity index (χ3v) is 8.41. The first-order chi connectivity index (χ1) is 14.9. The first kappa shape index (κ1) is 21.6. The van der Waals surface area contributed by atoms with Crippen molar-refractivity contribution in [3.05, 3.63) is 62.6 Å². The molecule has 0 spiro atoms. The van der Waals surface area contributed by atoms with Gasteiger partial charge in [-0.2, -0.15) is 0 Å². The molecule has 166 valence electrons. The molecular weight excluding hydrogens is 427 g/mol. The molecule has 4 bridgehead atoms. The largest absolute Gasteiger partial charge is 0.506 e. The standard InChI is InChI=1S/C26H32Cl2N2O/c1-16-4-18(8-22(5-16)26-11-17-6-19(12-26)20(7-17)13-26)14-29-2-3-30-15-21-9-23(27)10-24(28)25(21)31/h4-5,8-10,17,19-20,29-31H,2-3,6-7,11-15H2,1H3. The Labute approximate surface area is 195 Å². The van der Waals surface area contributed by atoms with Crippen LogP contribution in [0, 0.1) is 24.7 Å². The van der Waals surface area contributed by atoms with Crippen molar-refractivity contribution >= 4 is 23.2 Å². The number of aromatic hydroxyl groups is 1. The molecule has 2 unspecified atom stereocenters. The maximum absolute atomic E-state index is 10.0. The number of hydrogen-bond acceptors (Lipinski definition) is 3. The molecule has 4 fully saturated rings. The van der Waals surface area contributed by atoms with Crippen molar-refractivity contribution < 1.29 is 5.11 Å². The molecule has 6 rings (SSSR count). The van der Waals surface area contributed by atoms with Crippen molar-refractivity contribution in [1.82, 2.24) is 10.6 Å². The number of halogens is 2. The van der Waals surface area contributed by atoms with Crippen LogP contribution in [-0.4, -0.2) is 18.2 Å². The fraction of sp³-hybridized carbons (Fsp3) is 0.538. The Bertz CT molecular complexity index is 957. The van der Waals surface area contributed by atoms with Gasteiger partial charge in [-0.25, -0.2) is 0 Å². The minimum absolute atomic E-state index is 0.104. The van der Waals surface area contributed by atoms with E-state index in [-0.39, 0.29) is 5.75 Å². The SMILES string of the molecule is Cc1cc(CNCCNCc2cc(Cl)cc(Cl)c2O)cc(C23CC4CC(C2)C(C4)C3)c1. The van der Waals surface area contributed by atoms with Gasteiger partial charge in [0.25, 0.3) is 0 Å². The molecule has 0 heterocycles. The van der Waals surface area contributed by atoms with Gasteiger partial charge in [-0.15, -0.1) is 0 Å². The Hall–Kier alpha value is -1.26. The summed E-state index contributed by atoms with van der Waals surface area (Å²) in [6, 6.07) is 10.6. The molecule has 0 amide bonds. The predicted octanol–water partition coefficient (Wildman–Crippen LogP) is 5.96. The van der Waals surface area contributed by atoms with E-state index in [4.69, 9.17) is 23.2 Å². The third kappa shape index (κ3) is 4.35. The fourth-order valence-electron chi connectivity index (χ4n) is 6.82. The van der Waals surface area contributed by atoms with Crippen LogP contribution in [0.2, 0.25) is 10.0 Å². The topological polar surface area (TPSA) is 44.3 Å². The second-order valence-corrected chi connectivity index (χ2v) is 11.1. The van der Waals surface area contributed by atoms with Crippen molar-refractivity contribution in [1.29, 1.82) is 0 Å². The normalized spacial score (nSPS) is 28.5. The highest BCUT2D eigenvalue weighted by molar-refractivity contribution is 6.35. The molecule has 2 atom stereocenters. The van der Waals surface area contributed by atoms with Gasteiger partial charge < -0.3 is 15.7 Å². The van der Waals surface area contributed by atoms with Crippen molar-refractivity contribution in [2.45, 2.75) is 57.5 Å². The first-order valence-electron chi connectivity index (χ1n) is 11.6. The highest BCUT2D eigenvalue weighted by atomic mass is 35.5. The zero-order chi connectivity index (χ0) is 21.6. The lowest BCUT2D eigenvalue weighted by Crippen LogP contribution is -2.32. The summed E-state index contributed by atoms with van der Waals surface area (Å²) < 4.78 is 0. The molecule has 3 nitrogen and oxygen atoms in total. The number of hydrogen-bond donors (Lipinski definition) is 3. The van der Waals surface area contributed by atoms with Gasteiger partial charge >= 0.3 is 0 Å². The summed E-state index contributed by atoms with van der Waals surface area (Å²) in [6.07, 6.45) is 7.27. The van der Waals surface area contributed by atoms with Crippen molar-refractivity contribution in [2.24, 2.45) is 17.8 Å². The van der Waals surface area contributed by atoms with Crippen LogP contribution in [0.1, 0.15) is 54.4 Å². The van der Waals surface area contributed by atoms with Crippen LogP contribution in [-0.2, 0) is 18.5 Å². The molecule has 0 aromatic heterocycles. The van der Waals surface area contributed by atoms with Gasteiger partial charge in [-0.1, -0.05) is 47.0 Å². The number of phenols is 1. The number of phenolic OH excluding ortho intramolecular Hbond substituents is 1. The second-order valence-electron chi connectivity index (χ2n) is 10.2. The molecule has 0 aliphatic heterocycles. The molecule has 2 aromatic rings. The third-order valence-electron chi connectivity index (χ3n) is 7.90. The summed E-state index contributed by atoms with van der Waals surface area (Å²) in [4.78, 5) is 0. The molecule has 3 N–H and O–H groups in total. The van der Waals surface area contributed by atoms with Gasteiger partial charge in [0.15, 0.2) is 0 Å². The Balaban J connectivity index is 1.13. The van der Waals surface area contributed by atoms with Crippen LogP contribution < -0.4 is 10.6 Å². The molecule has 0 radical (unpaired) electrons. The van der Waals surface area contributed by atoms with E-state index in [9.17, 15) is 5.11 Å². The Morgan fingerprint density at radius 1 is 0.935 bits per heavy atom. The van der Waals surface area contributed by atoms with Crippen molar-refractivity contribution in [3.8, 4) is 5.75 Å². The van der Waals surface area contributed by atoms with Gasteiger partial charge in [0.2, 0.25) is 0 Å². The lowest BCUT2D eigenvalue weighted by molar-refractivity contribution is 0.229. The predicted molar refractivity (Wildman–Crippen MR) is 128 cm³/mol. The van der Waals surface area contributed by atoms with Crippen LogP contribution in [0.3, 0.4) is 0 Å². The van der Waals surface area contributed by atoms with E-state index in [1.807, 2.05) is 0 Å². The van der Waals surface area contributed by atoms with E-state index in [1.165, 1.54) is 43.2 Å². The number of aryl methyl sites for hydroxylation is 1. The minimum atomic E-state index is 0.104. The van der Waals surface area contributed by atoms with Gasteiger partial charge in [0, 0.05) is 36.8 Å². The molecule has 5 heteroatoms.